The van der Waals surface area contributed by atoms with Gasteiger partial charge in [-0.05, 0) is 0 Å². The van der Waals surface area contributed by atoms with Crippen LogP contribution in [0.5, 0.6) is 5.75 Å². The van der Waals surface area contributed by atoms with Crippen LogP contribution in [0.15, 0.2) is 52.4 Å². The predicted octanol–water partition coefficient (Wildman–Crippen LogP) is -5.58. The number of ether oxygens (including phenoxy) is 1. The Morgan fingerprint density at radius 2 is 1.78 bits per heavy atom. The van der Waals surface area contributed by atoms with Crippen molar-refractivity contribution in [1.29, 1.82) is 0 Å². The fourth-order valence-corrected chi connectivity index (χ4v) is 3.04. The smallest absolute Gasteiger partial charge is 1.00 e. The zero-order valence-corrected chi connectivity index (χ0v) is 13.6. The molecule has 0 aromatic heterocycles. The van der Waals surface area contributed by atoms with Gasteiger partial charge in [0.2, 0.25) is 0 Å². The zero-order chi connectivity index (χ0) is 10.3. The number of allylic oxidation sites excluding steroid dienone is 4. The van der Waals surface area contributed by atoms with Crippen molar-refractivity contribution in [2.24, 2.45) is 0 Å². The molecule has 1 aromatic rings. The number of hydrogen-bond donors (Lipinski definition) is 0. The first-order valence-corrected chi connectivity index (χ1v) is 7.11. The quantitative estimate of drug-likeness (QED) is 0.384. The van der Waals surface area contributed by atoms with E-state index in [1.54, 1.807) is 3.88 Å². The van der Waals surface area contributed by atoms with Gasteiger partial charge in [-0.1, -0.05) is 0 Å². The normalized spacial score (nSPS) is 11.2. The first-order valence-electron chi connectivity index (χ1n) is 5.22. The van der Waals surface area contributed by atoms with Gasteiger partial charge >= 0.3 is 99.8 Å². The van der Waals surface area contributed by atoms with Gasteiger partial charge in [-0.2, -0.15) is 0 Å². The van der Waals surface area contributed by atoms with E-state index >= 15 is 0 Å². The topological polar surface area (TPSA) is 9.23 Å². The van der Waals surface area contributed by atoms with Crippen molar-refractivity contribution in [1.82, 2.24) is 0 Å². The van der Waals surface area contributed by atoms with Crippen LogP contribution in [0.25, 0.3) is 0 Å². The number of rotatable bonds is 5. The van der Waals surface area contributed by atoms with Crippen LogP contribution >= 0.6 is 0 Å². The van der Waals surface area contributed by atoms with E-state index in [2.05, 4.69) is 18.2 Å². The van der Waals surface area contributed by atoms with Crippen molar-refractivity contribution >= 4 is 0 Å². The molecule has 0 saturated carbocycles. The molecule has 0 N–H and O–H groups in total. The SMILES string of the molecule is C1=CC[C]([Ti+3][CH2]COc2ccccc2)=C1.[Cl-].[Cl-].[Cl-]. The first kappa shape index (κ1) is 20.4. The van der Waals surface area contributed by atoms with Crippen LogP contribution in [0.1, 0.15) is 6.42 Å². The molecule has 0 unspecified atom stereocenters. The Morgan fingerprint density at radius 1 is 1.06 bits per heavy atom. The first-order chi connectivity index (χ1) is 7.45. The summed E-state index contributed by atoms with van der Waals surface area (Å²) in [6.07, 6.45) is 7.85. The molecule has 0 heterocycles. The van der Waals surface area contributed by atoms with Crippen LogP contribution in [0.3, 0.4) is 0 Å². The Bertz CT molecular complexity index is 366. The summed E-state index contributed by atoms with van der Waals surface area (Å²) in [7, 11) is 0. The molecule has 18 heavy (non-hydrogen) atoms. The summed E-state index contributed by atoms with van der Waals surface area (Å²) in [6.45, 7) is 0.862. The van der Waals surface area contributed by atoms with E-state index in [0.717, 1.165) is 12.4 Å². The fourth-order valence-electron chi connectivity index (χ4n) is 1.48. The van der Waals surface area contributed by atoms with Crippen LogP contribution in [0.4, 0.5) is 0 Å². The average Bonchev–Trinajstić information content (AvgIpc) is 2.79. The molecule has 1 aromatic carbocycles. The minimum absolute atomic E-state index is 0. The van der Waals surface area contributed by atoms with Gasteiger partial charge < -0.3 is 37.2 Å². The Morgan fingerprint density at radius 3 is 2.39 bits per heavy atom. The van der Waals surface area contributed by atoms with E-state index < -0.39 is 0 Å². The fraction of sp³-hybridized carbons (Fsp3) is 0.231. The van der Waals surface area contributed by atoms with Crippen molar-refractivity contribution in [3.8, 4) is 5.75 Å². The van der Waals surface area contributed by atoms with Gasteiger partial charge in [0.1, 0.15) is 0 Å². The maximum atomic E-state index is 5.65. The van der Waals surface area contributed by atoms with Crippen molar-refractivity contribution in [2.45, 2.75) is 11.1 Å². The maximum Gasteiger partial charge on any atom is -1.00 e. The van der Waals surface area contributed by atoms with Gasteiger partial charge in [0.15, 0.2) is 0 Å². The summed E-state index contributed by atoms with van der Waals surface area (Å²) in [5, 5.41) is 0. The molecule has 0 atom stereocenters. The van der Waals surface area contributed by atoms with Gasteiger partial charge in [0.05, 0.1) is 0 Å². The van der Waals surface area contributed by atoms with E-state index in [4.69, 9.17) is 4.74 Å². The van der Waals surface area contributed by atoms with Crippen LogP contribution in [-0.2, 0) is 19.2 Å². The second kappa shape index (κ2) is 12.1. The molecular weight excluding hydrogens is 326 g/mol. The van der Waals surface area contributed by atoms with Gasteiger partial charge in [-0.15, -0.1) is 0 Å². The number of para-hydroxylation sites is 1. The molecule has 0 saturated heterocycles. The molecule has 1 aliphatic rings. The van der Waals surface area contributed by atoms with Crippen molar-refractivity contribution < 1.29 is 61.1 Å². The number of hydrogen-bond acceptors (Lipinski definition) is 1. The van der Waals surface area contributed by atoms with Crippen molar-refractivity contribution in [2.75, 3.05) is 6.61 Å². The van der Waals surface area contributed by atoms with Crippen LogP contribution in [0, 0.1) is 0 Å². The summed E-state index contributed by atoms with van der Waals surface area (Å²) in [5.41, 5.74) is 0. The van der Waals surface area contributed by atoms with Gasteiger partial charge in [-0.25, -0.2) is 0 Å². The molecule has 97 valence electrons. The molecule has 0 bridgehead atoms. The number of benzene rings is 1. The molecule has 0 amide bonds. The molecule has 0 aliphatic heterocycles. The van der Waals surface area contributed by atoms with Crippen LogP contribution in [-0.4, -0.2) is 6.61 Å². The summed E-state index contributed by atoms with van der Waals surface area (Å²) in [4.78, 5) is 0. The Hall–Kier alpha value is 0.0843. The van der Waals surface area contributed by atoms with Crippen LogP contribution < -0.4 is 42.0 Å². The second-order valence-corrected chi connectivity index (χ2v) is 5.75. The molecule has 0 fully saturated rings. The van der Waals surface area contributed by atoms with E-state index in [1.807, 2.05) is 30.3 Å². The summed E-state index contributed by atoms with van der Waals surface area (Å²) < 4.78 is 8.52. The zero-order valence-electron chi connectivity index (χ0n) is 9.78. The third-order valence-corrected chi connectivity index (χ3v) is 4.23. The van der Waals surface area contributed by atoms with E-state index in [0.29, 0.717) is 0 Å². The maximum absolute atomic E-state index is 5.65. The standard InChI is InChI=1S/C8H9O.C5H5.3ClH.Ti/c1-2-9-8-6-4-3-5-7-8;1-2-4-5-3-1;;;;/h3-7H,1-2H2;1-3H,4H2;3*1H;/q;;;;;+3/p-3. The minimum atomic E-state index is 0. The van der Waals surface area contributed by atoms with Crippen LogP contribution in [0.2, 0.25) is 4.73 Å². The molecule has 0 spiro atoms. The van der Waals surface area contributed by atoms with Gasteiger partial charge in [0, 0.05) is 0 Å². The molecule has 5 heteroatoms. The molecule has 1 nitrogen and oxygen atoms in total. The molecule has 0 radical (unpaired) electrons. The Balaban J connectivity index is 0. The molecule has 2 rings (SSSR count). The second-order valence-electron chi connectivity index (χ2n) is 3.41. The number of halogens is 3. The summed E-state index contributed by atoms with van der Waals surface area (Å²) in [6, 6.07) is 10.0. The van der Waals surface area contributed by atoms with Crippen molar-refractivity contribution in [3.63, 3.8) is 0 Å². The largest absolute Gasteiger partial charge is 1.00 e. The third-order valence-electron chi connectivity index (χ3n) is 2.24. The molecule has 1 aliphatic carbocycles. The Kier molecular flexibility index (Phi) is 13.8. The monoisotopic (exact) mass is 339 g/mol. The minimum Gasteiger partial charge on any atom is -1.00 e. The average molecular weight is 340 g/mol. The van der Waals surface area contributed by atoms with Gasteiger partial charge in [-0.3, -0.25) is 0 Å². The predicted molar refractivity (Wildman–Crippen MR) is 58.6 cm³/mol. The van der Waals surface area contributed by atoms with E-state index in [1.165, 1.54) is 11.1 Å². The third kappa shape index (κ3) is 7.50. The Labute approximate surface area is 136 Å². The van der Waals surface area contributed by atoms with Gasteiger partial charge in [0.25, 0.3) is 0 Å². The van der Waals surface area contributed by atoms with E-state index in [-0.39, 0.29) is 56.4 Å². The molecular formula is C13H14Cl3OTi. The summed E-state index contributed by atoms with van der Waals surface area (Å²) >= 11 is 0.0662. The van der Waals surface area contributed by atoms with E-state index in [9.17, 15) is 0 Å². The summed E-state index contributed by atoms with van der Waals surface area (Å²) in [5.74, 6) is 0.989. The van der Waals surface area contributed by atoms with Crippen molar-refractivity contribution in [3.05, 3.63) is 52.4 Å².